The van der Waals surface area contributed by atoms with Crippen LogP contribution in [-0.2, 0) is 18.3 Å². The predicted molar refractivity (Wildman–Crippen MR) is 107 cm³/mol. The zero-order chi connectivity index (χ0) is 18.8. The van der Waals surface area contributed by atoms with Crippen molar-refractivity contribution < 1.29 is 4.74 Å². The standard InChI is InChI=1S/C18H30N6OS/c1-5-25-10-7-9-19-18(20-12-14(2)16-8-6-11-26-16)21-13-17-23-22-15(3)24(17)4/h6,8,11,14H,5,7,9-10,12-13H2,1-4H3,(H2,19,20,21). The Morgan fingerprint density at radius 1 is 1.38 bits per heavy atom. The first-order valence-corrected chi connectivity index (χ1v) is 9.98. The zero-order valence-corrected chi connectivity index (χ0v) is 17.0. The predicted octanol–water partition coefficient (Wildman–Crippen LogP) is 2.45. The molecule has 0 saturated carbocycles. The number of aryl methyl sites for hydroxylation is 1. The van der Waals surface area contributed by atoms with E-state index in [0.29, 0.717) is 12.5 Å². The molecule has 1 unspecified atom stereocenters. The summed E-state index contributed by atoms with van der Waals surface area (Å²) in [5, 5.41) is 17.2. The maximum absolute atomic E-state index is 5.39. The van der Waals surface area contributed by atoms with E-state index < -0.39 is 0 Å². The molecule has 2 N–H and O–H groups in total. The third-order valence-electron chi connectivity index (χ3n) is 4.13. The Hall–Kier alpha value is -1.93. The highest BCUT2D eigenvalue weighted by Crippen LogP contribution is 2.19. The topological polar surface area (TPSA) is 76.4 Å². The first-order chi connectivity index (χ1) is 12.6. The Balaban J connectivity index is 1.91. The second-order valence-corrected chi connectivity index (χ2v) is 7.14. The van der Waals surface area contributed by atoms with Crippen LogP contribution in [0.2, 0.25) is 0 Å². The number of ether oxygens (including phenoxy) is 1. The number of rotatable bonds is 10. The highest BCUT2D eigenvalue weighted by molar-refractivity contribution is 7.10. The molecular formula is C18H30N6OS. The van der Waals surface area contributed by atoms with Crippen molar-refractivity contribution in [3.05, 3.63) is 34.0 Å². The van der Waals surface area contributed by atoms with E-state index in [4.69, 9.17) is 4.74 Å². The maximum atomic E-state index is 5.39. The third kappa shape index (κ3) is 6.42. The smallest absolute Gasteiger partial charge is 0.191 e. The number of hydrogen-bond acceptors (Lipinski definition) is 5. The summed E-state index contributed by atoms with van der Waals surface area (Å²) in [6, 6.07) is 4.26. The van der Waals surface area contributed by atoms with Gasteiger partial charge >= 0.3 is 0 Å². The van der Waals surface area contributed by atoms with Crippen molar-refractivity contribution in [2.24, 2.45) is 12.0 Å². The number of aromatic nitrogens is 3. The summed E-state index contributed by atoms with van der Waals surface area (Å²) >= 11 is 1.79. The fourth-order valence-electron chi connectivity index (χ4n) is 2.36. The lowest BCUT2D eigenvalue weighted by atomic mass is 10.1. The van der Waals surface area contributed by atoms with Crippen LogP contribution in [-0.4, -0.2) is 47.0 Å². The molecule has 0 fully saturated rings. The molecule has 0 amide bonds. The summed E-state index contributed by atoms with van der Waals surface area (Å²) in [6.07, 6.45) is 0.943. The number of thiophene rings is 1. The van der Waals surface area contributed by atoms with Gasteiger partial charge in [-0.25, -0.2) is 4.99 Å². The molecule has 144 valence electrons. The Bertz CT molecular complexity index is 667. The van der Waals surface area contributed by atoms with Crippen molar-refractivity contribution in [3.63, 3.8) is 0 Å². The first-order valence-electron chi connectivity index (χ1n) is 9.10. The Kier molecular flexibility index (Phi) is 8.57. The van der Waals surface area contributed by atoms with Gasteiger partial charge in [-0.15, -0.1) is 21.5 Å². The summed E-state index contributed by atoms with van der Waals surface area (Å²) in [5.74, 6) is 2.97. The van der Waals surface area contributed by atoms with E-state index in [-0.39, 0.29) is 0 Å². The number of guanidine groups is 1. The van der Waals surface area contributed by atoms with Crippen LogP contribution >= 0.6 is 11.3 Å². The average molecular weight is 379 g/mol. The van der Waals surface area contributed by atoms with Gasteiger partial charge in [0, 0.05) is 44.1 Å². The summed E-state index contributed by atoms with van der Waals surface area (Å²) < 4.78 is 7.35. The second kappa shape index (κ2) is 10.9. The van der Waals surface area contributed by atoms with Crippen molar-refractivity contribution in [2.75, 3.05) is 26.3 Å². The second-order valence-electron chi connectivity index (χ2n) is 6.16. The molecule has 0 saturated heterocycles. The molecule has 0 bridgehead atoms. The highest BCUT2D eigenvalue weighted by atomic mass is 32.1. The van der Waals surface area contributed by atoms with Crippen LogP contribution in [0, 0.1) is 6.92 Å². The molecule has 2 rings (SSSR count). The summed E-state index contributed by atoms with van der Waals surface area (Å²) in [7, 11) is 1.96. The minimum atomic E-state index is 0.433. The fraction of sp³-hybridized carbons (Fsp3) is 0.611. The molecule has 8 heteroatoms. The van der Waals surface area contributed by atoms with Crippen molar-refractivity contribution in [1.82, 2.24) is 25.4 Å². The SMILES string of the molecule is CCOCCCNC(=NCc1nnc(C)n1C)NCC(C)c1cccs1. The lowest BCUT2D eigenvalue weighted by Crippen LogP contribution is -2.39. The van der Waals surface area contributed by atoms with Gasteiger partial charge < -0.3 is 19.9 Å². The Morgan fingerprint density at radius 3 is 2.88 bits per heavy atom. The van der Waals surface area contributed by atoms with Gasteiger partial charge in [-0.2, -0.15) is 0 Å². The molecule has 0 aliphatic carbocycles. The molecular weight excluding hydrogens is 348 g/mol. The maximum Gasteiger partial charge on any atom is 0.191 e. The van der Waals surface area contributed by atoms with Crippen molar-refractivity contribution >= 4 is 17.3 Å². The van der Waals surface area contributed by atoms with Gasteiger partial charge in [0.1, 0.15) is 12.4 Å². The Morgan fingerprint density at radius 2 is 2.23 bits per heavy atom. The summed E-state index contributed by atoms with van der Waals surface area (Å²) in [4.78, 5) is 6.05. The van der Waals surface area contributed by atoms with Gasteiger partial charge in [-0.05, 0) is 31.7 Å². The first kappa shape index (κ1) is 20.4. The van der Waals surface area contributed by atoms with Crippen LogP contribution in [0.4, 0.5) is 0 Å². The van der Waals surface area contributed by atoms with Gasteiger partial charge in [0.05, 0.1) is 0 Å². The third-order valence-corrected chi connectivity index (χ3v) is 5.23. The molecule has 0 spiro atoms. The number of nitrogens with one attached hydrogen (secondary N) is 2. The molecule has 7 nitrogen and oxygen atoms in total. The van der Waals surface area contributed by atoms with E-state index in [0.717, 1.165) is 50.3 Å². The normalized spacial score (nSPS) is 13.0. The Labute approximate surface area is 159 Å². The van der Waals surface area contributed by atoms with E-state index in [1.807, 2.05) is 25.5 Å². The number of aliphatic imine (C=N–C) groups is 1. The largest absolute Gasteiger partial charge is 0.382 e. The van der Waals surface area contributed by atoms with E-state index in [9.17, 15) is 0 Å². The molecule has 0 aliphatic heterocycles. The molecule has 2 aromatic heterocycles. The monoisotopic (exact) mass is 378 g/mol. The molecule has 26 heavy (non-hydrogen) atoms. The number of hydrogen-bond donors (Lipinski definition) is 2. The van der Waals surface area contributed by atoms with Gasteiger partial charge in [-0.3, -0.25) is 0 Å². The molecule has 0 radical (unpaired) electrons. The van der Waals surface area contributed by atoms with Gasteiger partial charge in [0.25, 0.3) is 0 Å². The van der Waals surface area contributed by atoms with Crippen molar-refractivity contribution in [3.8, 4) is 0 Å². The molecule has 2 aromatic rings. The quantitative estimate of drug-likeness (QED) is 0.377. The van der Waals surface area contributed by atoms with Crippen LogP contribution in [0.15, 0.2) is 22.5 Å². The molecule has 0 aromatic carbocycles. The number of nitrogens with zero attached hydrogens (tertiary/aromatic N) is 4. The van der Waals surface area contributed by atoms with Gasteiger partial charge in [0.2, 0.25) is 0 Å². The van der Waals surface area contributed by atoms with Crippen LogP contribution in [0.5, 0.6) is 0 Å². The average Bonchev–Trinajstić information content (AvgIpc) is 3.28. The van der Waals surface area contributed by atoms with Crippen LogP contribution in [0.25, 0.3) is 0 Å². The van der Waals surface area contributed by atoms with E-state index >= 15 is 0 Å². The minimum absolute atomic E-state index is 0.433. The zero-order valence-electron chi connectivity index (χ0n) is 16.2. The van der Waals surface area contributed by atoms with Gasteiger partial charge in [-0.1, -0.05) is 13.0 Å². The lowest BCUT2D eigenvalue weighted by Gasteiger charge is -2.16. The van der Waals surface area contributed by atoms with Crippen molar-refractivity contribution in [2.45, 2.75) is 39.7 Å². The molecule has 0 aliphatic rings. The minimum Gasteiger partial charge on any atom is -0.382 e. The molecule has 1 atom stereocenters. The summed E-state index contributed by atoms with van der Waals surface area (Å²) in [5.41, 5.74) is 0. The van der Waals surface area contributed by atoms with Crippen LogP contribution in [0.1, 0.15) is 42.7 Å². The van der Waals surface area contributed by atoms with Gasteiger partial charge in [0.15, 0.2) is 11.8 Å². The van der Waals surface area contributed by atoms with Crippen LogP contribution < -0.4 is 10.6 Å². The summed E-state index contributed by atoms with van der Waals surface area (Å²) in [6.45, 7) is 9.81. The highest BCUT2D eigenvalue weighted by Gasteiger charge is 2.09. The van der Waals surface area contributed by atoms with E-state index in [2.05, 4.69) is 50.3 Å². The lowest BCUT2D eigenvalue weighted by molar-refractivity contribution is 0.145. The van der Waals surface area contributed by atoms with Crippen molar-refractivity contribution in [1.29, 1.82) is 0 Å². The fourth-order valence-corrected chi connectivity index (χ4v) is 3.15. The van der Waals surface area contributed by atoms with Crippen LogP contribution in [0.3, 0.4) is 0 Å². The van der Waals surface area contributed by atoms with E-state index in [1.165, 1.54) is 4.88 Å². The van der Waals surface area contributed by atoms with E-state index in [1.54, 1.807) is 11.3 Å². The molecule has 2 heterocycles.